The lowest BCUT2D eigenvalue weighted by Crippen LogP contribution is -2.44. The highest BCUT2D eigenvalue weighted by Crippen LogP contribution is 2.41. The maximum absolute atomic E-state index is 13.3. The number of ether oxygens (including phenoxy) is 1. The molecule has 0 amide bonds. The molecule has 0 aliphatic carbocycles. The van der Waals surface area contributed by atoms with E-state index in [9.17, 15) is 14.7 Å². The van der Waals surface area contributed by atoms with Gasteiger partial charge in [-0.2, -0.15) is 0 Å². The van der Waals surface area contributed by atoms with Gasteiger partial charge in [0.2, 0.25) is 0 Å². The number of para-hydroxylation sites is 1. The summed E-state index contributed by atoms with van der Waals surface area (Å²) in [7, 11) is 0. The van der Waals surface area contributed by atoms with Gasteiger partial charge in [0.05, 0.1) is 29.0 Å². The van der Waals surface area contributed by atoms with E-state index in [0.717, 1.165) is 28.5 Å². The molecule has 154 valence electrons. The monoisotopic (exact) mass is 405 g/mol. The Morgan fingerprint density at radius 3 is 2.77 bits per heavy atom. The van der Waals surface area contributed by atoms with Crippen molar-refractivity contribution >= 4 is 16.9 Å². The lowest BCUT2D eigenvalue weighted by molar-refractivity contribution is -0.172. The first kappa shape index (κ1) is 19.0. The minimum Gasteiger partial charge on any atom is -0.458 e. The molecule has 2 aromatic heterocycles. The SMILES string of the molecule is CC[C@@H](N)c1c2c(nc3ccccc13)-c1cc3c(c(=O)n1C2)COC(=O)[C@]3(O)CC. The number of carbonyl (C=O) groups excluding carboxylic acids is 1. The molecule has 0 saturated carbocycles. The van der Waals surface area contributed by atoms with Crippen molar-refractivity contribution in [1.82, 2.24) is 9.55 Å². The topological polar surface area (TPSA) is 107 Å². The van der Waals surface area contributed by atoms with Crippen molar-refractivity contribution in [2.75, 3.05) is 0 Å². The Balaban J connectivity index is 1.84. The van der Waals surface area contributed by atoms with Gasteiger partial charge in [-0.3, -0.25) is 4.79 Å². The van der Waals surface area contributed by atoms with E-state index in [2.05, 4.69) is 0 Å². The highest BCUT2D eigenvalue weighted by Gasteiger charge is 2.45. The van der Waals surface area contributed by atoms with Crippen molar-refractivity contribution in [2.45, 2.75) is 51.5 Å². The van der Waals surface area contributed by atoms with E-state index in [1.54, 1.807) is 17.6 Å². The summed E-state index contributed by atoms with van der Waals surface area (Å²) >= 11 is 0. The van der Waals surface area contributed by atoms with E-state index >= 15 is 0 Å². The molecule has 2 aliphatic heterocycles. The lowest BCUT2D eigenvalue weighted by Gasteiger charge is -2.31. The zero-order valence-corrected chi connectivity index (χ0v) is 16.9. The molecule has 0 unspecified atom stereocenters. The van der Waals surface area contributed by atoms with Gasteiger partial charge in [0, 0.05) is 22.6 Å². The molecule has 30 heavy (non-hydrogen) atoms. The molecule has 1 aromatic carbocycles. The summed E-state index contributed by atoms with van der Waals surface area (Å²) in [6.45, 7) is 3.95. The Morgan fingerprint density at radius 2 is 2.03 bits per heavy atom. The molecule has 3 aromatic rings. The lowest BCUT2D eigenvalue weighted by atomic mass is 9.86. The van der Waals surface area contributed by atoms with Gasteiger partial charge < -0.3 is 20.1 Å². The van der Waals surface area contributed by atoms with Crippen LogP contribution in [0.25, 0.3) is 22.3 Å². The molecule has 0 saturated heterocycles. The summed E-state index contributed by atoms with van der Waals surface area (Å²) in [5.74, 6) is -0.722. The van der Waals surface area contributed by atoms with Crippen LogP contribution in [0.1, 0.15) is 55.0 Å². The molecule has 2 atom stereocenters. The molecule has 3 N–H and O–H groups in total. The summed E-state index contributed by atoms with van der Waals surface area (Å²) < 4.78 is 6.78. The molecule has 4 heterocycles. The molecule has 0 fully saturated rings. The van der Waals surface area contributed by atoms with Crippen LogP contribution in [0.15, 0.2) is 35.1 Å². The normalized spacial score (nSPS) is 20.5. The van der Waals surface area contributed by atoms with Crippen molar-refractivity contribution in [3.63, 3.8) is 0 Å². The molecular formula is C23H23N3O4. The van der Waals surface area contributed by atoms with E-state index in [1.165, 1.54) is 0 Å². The Labute approximate surface area is 173 Å². The Morgan fingerprint density at radius 1 is 1.27 bits per heavy atom. The molecule has 5 rings (SSSR count). The highest BCUT2D eigenvalue weighted by molar-refractivity contribution is 5.89. The number of aliphatic hydroxyl groups is 1. The van der Waals surface area contributed by atoms with E-state index in [4.69, 9.17) is 15.5 Å². The van der Waals surface area contributed by atoms with Crippen LogP contribution in [-0.4, -0.2) is 20.6 Å². The van der Waals surface area contributed by atoms with Gasteiger partial charge >= 0.3 is 5.97 Å². The first-order valence-electron chi connectivity index (χ1n) is 10.2. The van der Waals surface area contributed by atoms with E-state index in [-0.39, 0.29) is 24.6 Å². The fourth-order valence-corrected chi connectivity index (χ4v) is 4.69. The first-order valence-corrected chi connectivity index (χ1v) is 10.2. The van der Waals surface area contributed by atoms with Crippen LogP contribution in [0, 0.1) is 0 Å². The van der Waals surface area contributed by atoms with Crippen molar-refractivity contribution in [1.29, 1.82) is 0 Å². The van der Waals surface area contributed by atoms with Crippen LogP contribution in [0.5, 0.6) is 0 Å². The number of nitrogens with two attached hydrogens (primary N) is 1. The number of esters is 1. The number of carbonyl (C=O) groups is 1. The number of rotatable bonds is 3. The van der Waals surface area contributed by atoms with Crippen LogP contribution in [0.2, 0.25) is 0 Å². The Bertz CT molecular complexity index is 1280. The molecule has 0 spiro atoms. The molecule has 7 nitrogen and oxygen atoms in total. The van der Waals surface area contributed by atoms with E-state index in [1.807, 2.05) is 31.2 Å². The zero-order chi connectivity index (χ0) is 21.2. The van der Waals surface area contributed by atoms with Gasteiger partial charge in [-0.25, -0.2) is 9.78 Å². The Hall–Kier alpha value is -3.03. The number of hydrogen-bond donors (Lipinski definition) is 2. The Kier molecular flexibility index (Phi) is 4.10. The van der Waals surface area contributed by atoms with Gasteiger partial charge in [-0.1, -0.05) is 32.0 Å². The maximum Gasteiger partial charge on any atom is 0.343 e. The van der Waals surface area contributed by atoms with E-state index in [0.29, 0.717) is 29.1 Å². The second-order valence-electron chi connectivity index (χ2n) is 7.99. The third-order valence-electron chi connectivity index (χ3n) is 6.45. The second kappa shape index (κ2) is 6.48. The highest BCUT2D eigenvalue weighted by atomic mass is 16.6. The standard InChI is InChI=1S/C23H23N3O4/c1-3-16(24)19-12-7-5-6-8-17(12)25-20-13(19)10-26-18(20)9-15-14(21(26)27)11-30-22(28)23(15,29)4-2/h5-9,16,29H,3-4,10-11,24H2,1-2H3/t16-,23+/m1/s1. The fraction of sp³-hybridized carbons (Fsp3) is 0.348. The van der Waals surface area contributed by atoms with Crippen molar-refractivity contribution in [2.24, 2.45) is 5.73 Å². The van der Waals surface area contributed by atoms with Crippen LogP contribution in [-0.2, 0) is 28.3 Å². The summed E-state index contributed by atoms with van der Waals surface area (Å²) in [5.41, 5.74) is 9.06. The molecule has 0 radical (unpaired) electrons. The minimum atomic E-state index is -1.83. The quantitative estimate of drug-likeness (QED) is 0.507. The third kappa shape index (κ3) is 2.36. The molecular weight excluding hydrogens is 382 g/mol. The number of pyridine rings is 2. The van der Waals surface area contributed by atoms with Crippen LogP contribution >= 0.6 is 0 Å². The summed E-state index contributed by atoms with van der Waals surface area (Å²) in [6.07, 6.45) is 0.867. The van der Waals surface area contributed by atoms with Crippen LogP contribution in [0.4, 0.5) is 0 Å². The largest absolute Gasteiger partial charge is 0.458 e. The predicted octanol–water partition coefficient (Wildman–Crippen LogP) is 2.49. The average molecular weight is 405 g/mol. The molecule has 2 aliphatic rings. The van der Waals surface area contributed by atoms with Crippen LogP contribution < -0.4 is 11.3 Å². The predicted molar refractivity (Wildman–Crippen MR) is 112 cm³/mol. The van der Waals surface area contributed by atoms with Crippen molar-refractivity contribution in [3.05, 3.63) is 62.9 Å². The van der Waals surface area contributed by atoms with Gasteiger partial charge in [0.1, 0.15) is 6.61 Å². The van der Waals surface area contributed by atoms with Gasteiger partial charge in [0.25, 0.3) is 5.56 Å². The average Bonchev–Trinajstić information content (AvgIpc) is 3.13. The summed E-state index contributed by atoms with van der Waals surface area (Å²) in [5, 5.41) is 12.0. The maximum atomic E-state index is 13.3. The van der Waals surface area contributed by atoms with Gasteiger partial charge in [-0.15, -0.1) is 0 Å². The number of cyclic esters (lactones) is 1. The summed E-state index contributed by atoms with van der Waals surface area (Å²) in [6, 6.07) is 9.36. The number of hydrogen-bond acceptors (Lipinski definition) is 6. The summed E-state index contributed by atoms with van der Waals surface area (Å²) in [4.78, 5) is 30.5. The van der Waals surface area contributed by atoms with Gasteiger partial charge in [-0.05, 0) is 30.5 Å². The third-order valence-corrected chi connectivity index (χ3v) is 6.45. The number of fused-ring (bicyclic) bond motifs is 5. The molecule has 7 heteroatoms. The fourth-order valence-electron chi connectivity index (χ4n) is 4.69. The van der Waals surface area contributed by atoms with Gasteiger partial charge in [0.15, 0.2) is 5.60 Å². The molecule has 0 bridgehead atoms. The number of aromatic nitrogens is 2. The smallest absolute Gasteiger partial charge is 0.343 e. The zero-order valence-electron chi connectivity index (χ0n) is 16.9. The van der Waals surface area contributed by atoms with Crippen molar-refractivity contribution in [3.8, 4) is 11.4 Å². The van der Waals surface area contributed by atoms with Crippen molar-refractivity contribution < 1.29 is 14.6 Å². The van der Waals surface area contributed by atoms with Crippen LogP contribution in [0.3, 0.4) is 0 Å². The minimum absolute atomic E-state index is 0.117. The number of nitrogens with zero attached hydrogens (tertiary/aromatic N) is 2. The second-order valence-corrected chi connectivity index (χ2v) is 7.99. The van der Waals surface area contributed by atoms with E-state index < -0.39 is 11.6 Å². The number of benzene rings is 1. The first-order chi connectivity index (χ1) is 14.4.